The van der Waals surface area contributed by atoms with Crippen LogP contribution in [0.3, 0.4) is 0 Å². The minimum Gasteiger partial charge on any atom is -0.493 e. The molecule has 7 heteroatoms. The predicted molar refractivity (Wildman–Crippen MR) is 111 cm³/mol. The molecule has 0 bridgehead atoms. The normalized spacial score (nSPS) is 10.7. The van der Waals surface area contributed by atoms with Gasteiger partial charge in [-0.2, -0.15) is 5.10 Å². The zero-order chi connectivity index (χ0) is 20.4. The van der Waals surface area contributed by atoms with Gasteiger partial charge in [0.1, 0.15) is 0 Å². The minimum atomic E-state index is -0.264. The van der Waals surface area contributed by atoms with Crippen molar-refractivity contribution >= 4 is 22.6 Å². The SMILES string of the molecule is COc1ccc(C(=O)Nc2cnc3c(c2)c(C)nn3-c2ccccc2)cc1OC. The summed E-state index contributed by atoms with van der Waals surface area (Å²) in [6.45, 7) is 1.92. The predicted octanol–water partition coefficient (Wildman–Crippen LogP) is 4.00. The molecule has 29 heavy (non-hydrogen) atoms. The zero-order valence-corrected chi connectivity index (χ0v) is 16.3. The number of aryl methyl sites for hydroxylation is 1. The van der Waals surface area contributed by atoms with Gasteiger partial charge in [0.05, 0.1) is 37.5 Å². The third kappa shape index (κ3) is 3.50. The van der Waals surface area contributed by atoms with Gasteiger partial charge in [0.25, 0.3) is 5.91 Å². The third-order valence-corrected chi connectivity index (χ3v) is 4.61. The molecule has 2 aromatic carbocycles. The Hall–Kier alpha value is -3.87. The van der Waals surface area contributed by atoms with Crippen molar-refractivity contribution in [3.05, 3.63) is 72.1 Å². The van der Waals surface area contributed by atoms with Crippen LogP contribution in [0, 0.1) is 6.92 Å². The second-order valence-corrected chi connectivity index (χ2v) is 6.45. The lowest BCUT2D eigenvalue weighted by Crippen LogP contribution is -2.12. The fourth-order valence-corrected chi connectivity index (χ4v) is 3.14. The zero-order valence-electron chi connectivity index (χ0n) is 16.3. The van der Waals surface area contributed by atoms with E-state index in [1.165, 1.54) is 7.11 Å². The van der Waals surface area contributed by atoms with Crippen molar-refractivity contribution in [1.82, 2.24) is 14.8 Å². The average Bonchev–Trinajstić information content (AvgIpc) is 3.09. The first kappa shape index (κ1) is 18.5. The molecule has 0 unspecified atom stereocenters. The van der Waals surface area contributed by atoms with E-state index in [1.807, 2.05) is 43.3 Å². The van der Waals surface area contributed by atoms with E-state index in [9.17, 15) is 4.79 Å². The minimum absolute atomic E-state index is 0.264. The molecule has 0 aliphatic rings. The summed E-state index contributed by atoms with van der Waals surface area (Å²) in [6.07, 6.45) is 1.63. The van der Waals surface area contributed by atoms with E-state index < -0.39 is 0 Å². The summed E-state index contributed by atoms with van der Waals surface area (Å²) in [6, 6.07) is 16.7. The van der Waals surface area contributed by atoms with Gasteiger partial charge in [-0.1, -0.05) is 18.2 Å². The lowest BCUT2D eigenvalue weighted by Gasteiger charge is -2.10. The van der Waals surface area contributed by atoms with Crippen LogP contribution >= 0.6 is 0 Å². The number of nitrogens with zero attached hydrogens (tertiary/aromatic N) is 3. The molecule has 1 N–H and O–H groups in total. The van der Waals surface area contributed by atoms with E-state index in [-0.39, 0.29) is 5.91 Å². The van der Waals surface area contributed by atoms with Crippen molar-refractivity contribution in [2.75, 3.05) is 19.5 Å². The maximum atomic E-state index is 12.7. The number of anilines is 1. The van der Waals surface area contributed by atoms with Gasteiger partial charge in [0, 0.05) is 10.9 Å². The third-order valence-electron chi connectivity index (χ3n) is 4.61. The van der Waals surface area contributed by atoms with Gasteiger partial charge >= 0.3 is 0 Å². The van der Waals surface area contributed by atoms with Crippen molar-refractivity contribution in [3.8, 4) is 17.2 Å². The molecular formula is C22H20N4O3. The molecule has 0 aliphatic carbocycles. The van der Waals surface area contributed by atoms with Crippen LogP contribution in [-0.4, -0.2) is 34.9 Å². The molecule has 4 rings (SSSR count). The van der Waals surface area contributed by atoms with E-state index in [0.717, 1.165) is 22.4 Å². The number of carbonyl (C=O) groups is 1. The Balaban J connectivity index is 1.64. The highest BCUT2D eigenvalue weighted by atomic mass is 16.5. The van der Waals surface area contributed by atoms with E-state index in [4.69, 9.17) is 9.47 Å². The quantitative estimate of drug-likeness (QED) is 0.559. The number of benzene rings is 2. The number of methoxy groups -OCH3 is 2. The van der Waals surface area contributed by atoms with Crippen molar-refractivity contribution < 1.29 is 14.3 Å². The van der Waals surface area contributed by atoms with E-state index in [2.05, 4.69) is 15.4 Å². The summed E-state index contributed by atoms with van der Waals surface area (Å²) < 4.78 is 12.3. The van der Waals surface area contributed by atoms with Crippen LogP contribution in [0.1, 0.15) is 16.1 Å². The molecule has 0 saturated heterocycles. The standard InChI is InChI=1S/C22H20N4O3/c1-14-18-12-16(13-23-21(18)26(25-14)17-7-5-4-6-8-17)24-22(27)15-9-10-19(28-2)20(11-15)29-3/h4-13H,1-3H3,(H,24,27). The largest absolute Gasteiger partial charge is 0.493 e. The molecule has 2 heterocycles. The number of rotatable bonds is 5. The van der Waals surface area contributed by atoms with E-state index in [0.29, 0.717) is 22.7 Å². The molecule has 7 nitrogen and oxygen atoms in total. The van der Waals surface area contributed by atoms with Crippen molar-refractivity contribution in [1.29, 1.82) is 0 Å². The molecule has 0 radical (unpaired) electrons. The van der Waals surface area contributed by atoms with Crippen molar-refractivity contribution in [2.45, 2.75) is 6.92 Å². The number of fused-ring (bicyclic) bond motifs is 1. The lowest BCUT2D eigenvalue weighted by atomic mass is 10.2. The van der Waals surface area contributed by atoms with Crippen LogP contribution in [0.25, 0.3) is 16.7 Å². The fraction of sp³-hybridized carbons (Fsp3) is 0.136. The summed E-state index contributed by atoms with van der Waals surface area (Å²) in [5.41, 5.74) is 3.55. The van der Waals surface area contributed by atoms with E-state index >= 15 is 0 Å². The van der Waals surface area contributed by atoms with Crippen LogP contribution in [0.5, 0.6) is 11.5 Å². The number of hydrogen-bond acceptors (Lipinski definition) is 5. The molecule has 0 atom stereocenters. The highest BCUT2D eigenvalue weighted by Gasteiger charge is 2.14. The fourth-order valence-electron chi connectivity index (χ4n) is 3.14. The Labute approximate surface area is 167 Å². The van der Waals surface area contributed by atoms with Gasteiger partial charge < -0.3 is 14.8 Å². The van der Waals surface area contributed by atoms with Crippen LogP contribution in [-0.2, 0) is 0 Å². The van der Waals surface area contributed by atoms with Gasteiger partial charge in [0.2, 0.25) is 0 Å². The smallest absolute Gasteiger partial charge is 0.255 e. The number of nitrogens with one attached hydrogen (secondary N) is 1. The van der Waals surface area contributed by atoms with Crippen LogP contribution in [0.4, 0.5) is 5.69 Å². The molecule has 1 amide bonds. The number of pyridine rings is 1. The highest BCUT2D eigenvalue weighted by Crippen LogP contribution is 2.28. The molecule has 146 valence electrons. The first-order valence-electron chi connectivity index (χ1n) is 9.05. The maximum absolute atomic E-state index is 12.7. The average molecular weight is 388 g/mol. The Morgan fingerprint density at radius 3 is 2.48 bits per heavy atom. The summed E-state index contributed by atoms with van der Waals surface area (Å²) >= 11 is 0. The number of amides is 1. The first-order chi connectivity index (χ1) is 14.1. The Bertz CT molecular complexity index is 1190. The summed E-state index contributed by atoms with van der Waals surface area (Å²) in [5.74, 6) is 0.796. The second-order valence-electron chi connectivity index (χ2n) is 6.45. The molecule has 0 aliphatic heterocycles. The molecule has 0 saturated carbocycles. The van der Waals surface area contributed by atoms with Gasteiger partial charge in [-0.25, -0.2) is 9.67 Å². The van der Waals surface area contributed by atoms with Gasteiger partial charge in [-0.15, -0.1) is 0 Å². The summed E-state index contributed by atoms with van der Waals surface area (Å²) in [4.78, 5) is 17.2. The topological polar surface area (TPSA) is 78.3 Å². The van der Waals surface area contributed by atoms with Crippen LogP contribution in [0.15, 0.2) is 60.8 Å². The number of carbonyl (C=O) groups excluding carboxylic acids is 1. The molecular weight excluding hydrogens is 368 g/mol. The van der Waals surface area contributed by atoms with E-state index in [1.54, 1.807) is 36.2 Å². The Kier molecular flexibility index (Phi) is 4.87. The number of para-hydroxylation sites is 1. The van der Waals surface area contributed by atoms with Crippen molar-refractivity contribution in [3.63, 3.8) is 0 Å². The maximum Gasteiger partial charge on any atom is 0.255 e. The number of hydrogen-bond donors (Lipinski definition) is 1. The highest BCUT2D eigenvalue weighted by molar-refractivity contribution is 6.05. The second kappa shape index (κ2) is 7.63. The summed E-state index contributed by atoms with van der Waals surface area (Å²) in [5, 5.41) is 8.35. The van der Waals surface area contributed by atoms with Crippen LogP contribution in [0.2, 0.25) is 0 Å². The molecule has 0 fully saturated rings. The lowest BCUT2D eigenvalue weighted by molar-refractivity contribution is 0.102. The van der Waals surface area contributed by atoms with Crippen LogP contribution < -0.4 is 14.8 Å². The van der Waals surface area contributed by atoms with Crippen molar-refractivity contribution in [2.24, 2.45) is 0 Å². The Morgan fingerprint density at radius 2 is 1.76 bits per heavy atom. The Morgan fingerprint density at radius 1 is 1.00 bits per heavy atom. The first-order valence-corrected chi connectivity index (χ1v) is 9.05. The number of ether oxygens (including phenoxy) is 2. The van der Waals surface area contributed by atoms with Gasteiger partial charge in [-0.3, -0.25) is 4.79 Å². The van der Waals surface area contributed by atoms with Gasteiger partial charge in [-0.05, 0) is 43.3 Å². The molecule has 4 aromatic rings. The molecule has 2 aromatic heterocycles. The monoisotopic (exact) mass is 388 g/mol. The number of aromatic nitrogens is 3. The summed E-state index contributed by atoms with van der Waals surface area (Å²) in [7, 11) is 3.08. The molecule has 0 spiro atoms. The van der Waals surface area contributed by atoms with Gasteiger partial charge in [0.15, 0.2) is 17.1 Å².